The second-order valence-corrected chi connectivity index (χ2v) is 14.2. The van der Waals surface area contributed by atoms with Crippen LogP contribution in [-0.2, 0) is 9.53 Å². The highest BCUT2D eigenvalue weighted by Crippen LogP contribution is 2.32. The van der Waals surface area contributed by atoms with Crippen molar-refractivity contribution in [3.8, 4) is 22.7 Å². The number of rotatable bonds is 11. The molecule has 0 spiro atoms. The maximum atomic E-state index is 14.4. The number of benzene rings is 3. The molecule has 6 rings (SSSR count). The minimum atomic E-state index is -0.675. The summed E-state index contributed by atoms with van der Waals surface area (Å²) in [6.07, 6.45) is 6.82. The number of esters is 1. The second-order valence-electron chi connectivity index (χ2n) is 12.3. The summed E-state index contributed by atoms with van der Waals surface area (Å²) < 4.78 is 15.5. The first-order valence-corrected chi connectivity index (χ1v) is 18.4. The number of carbonyl (C=O) groups excluding carboxylic acids is 1. The molecule has 0 amide bonds. The van der Waals surface area contributed by atoms with E-state index in [1.165, 1.54) is 11.3 Å². The lowest BCUT2D eigenvalue weighted by Gasteiger charge is -2.24. The minimum Gasteiger partial charge on any atom is -0.493 e. The Hall–Kier alpha value is -4.67. The number of carbonyl (C=O) groups is 1. The van der Waals surface area contributed by atoms with E-state index >= 15 is 0 Å². The number of hydrogen-bond donors (Lipinski definition) is 0. The smallest absolute Gasteiger partial charge is 0.338 e. The van der Waals surface area contributed by atoms with Gasteiger partial charge in [0.05, 0.1) is 40.7 Å². The van der Waals surface area contributed by atoms with Crippen molar-refractivity contribution in [2.45, 2.75) is 52.0 Å². The van der Waals surface area contributed by atoms with Gasteiger partial charge in [-0.3, -0.25) is 9.36 Å². The third-order valence-electron chi connectivity index (χ3n) is 8.40. The highest BCUT2D eigenvalue weighted by molar-refractivity contribution is 7.98. The van der Waals surface area contributed by atoms with Gasteiger partial charge in [-0.15, -0.1) is 11.8 Å². The molecule has 5 aromatic rings. The molecule has 0 fully saturated rings. The predicted molar refractivity (Wildman–Crippen MR) is 197 cm³/mol. The molecule has 3 heterocycles. The highest BCUT2D eigenvalue weighted by Gasteiger charge is 2.33. The van der Waals surface area contributed by atoms with Crippen molar-refractivity contribution in [2.75, 3.05) is 19.5 Å². The molecule has 0 saturated heterocycles. The number of nitrogens with zero attached hydrogens (tertiary/aromatic N) is 4. The molecular formula is C39H40N4O4S2. The van der Waals surface area contributed by atoms with Crippen LogP contribution in [0, 0.1) is 12.8 Å². The summed E-state index contributed by atoms with van der Waals surface area (Å²) in [5, 5.41) is 5.01. The van der Waals surface area contributed by atoms with Gasteiger partial charge < -0.3 is 9.47 Å². The number of aromatic nitrogens is 3. The molecule has 1 atom stereocenters. The largest absolute Gasteiger partial charge is 0.493 e. The molecule has 0 saturated carbocycles. The lowest BCUT2D eigenvalue weighted by molar-refractivity contribution is -0.139. The number of ether oxygens (including phenoxy) is 2. The molecule has 10 heteroatoms. The third-order valence-corrected chi connectivity index (χ3v) is 10.1. The van der Waals surface area contributed by atoms with E-state index in [4.69, 9.17) is 19.6 Å². The summed E-state index contributed by atoms with van der Waals surface area (Å²) in [5.41, 5.74) is 5.81. The number of thiazole rings is 1. The van der Waals surface area contributed by atoms with Crippen LogP contribution in [0.25, 0.3) is 23.0 Å². The molecule has 1 unspecified atom stereocenters. The summed E-state index contributed by atoms with van der Waals surface area (Å²) in [7, 11) is 0. The number of allylic oxidation sites excluding steroid dienone is 1. The molecular weight excluding hydrogens is 653 g/mol. The molecule has 0 bridgehead atoms. The number of aryl methyl sites for hydroxylation is 1. The Kier molecular flexibility index (Phi) is 10.4. The fraction of sp³-hybridized carbons (Fsp3) is 0.282. The van der Waals surface area contributed by atoms with Crippen LogP contribution in [0.4, 0.5) is 0 Å². The molecule has 49 heavy (non-hydrogen) atoms. The Morgan fingerprint density at radius 1 is 1.06 bits per heavy atom. The Bertz CT molecular complexity index is 2200. The standard InChI is InChI=1S/C39H40N4O4S2/c1-7-46-38(45)34-26(5)40-39-43(36(34)27-13-16-31(48-6)17-14-27)37(44)33(49-39)22-29-23-42(30-11-9-8-10-12-30)41-35(29)28-15-18-32(25(4)21-28)47-20-19-24(2)3/h8-18,21-24,36H,7,19-20H2,1-6H3. The molecule has 252 valence electrons. The quantitative estimate of drug-likeness (QED) is 0.108. The summed E-state index contributed by atoms with van der Waals surface area (Å²) in [6, 6.07) is 23.2. The van der Waals surface area contributed by atoms with E-state index in [-0.39, 0.29) is 12.2 Å². The van der Waals surface area contributed by atoms with E-state index in [1.54, 1.807) is 30.2 Å². The van der Waals surface area contributed by atoms with Gasteiger partial charge in [-0.2, -0.15) is 5.10 Å². The Morgan fingerprint density at radius 2 is 1.82 bits per heavy atom. The first-order valence-electron chi connectivity index (χ1n) is 16.4. The number of para-hydroxylation sites is 1. The number of thioether (sulfide) groups is 1. The molecule has 0 radical (unpaired) electrons. The molecule has 1 aliphatic rings. The van der Waals surface area contributed by atoms with Crippen LogP contribution in [0.1, 0.15) is 56.8 Å². The zero-order chi connectivity index (χ0) is 34.7. The van der Waals surface area contributed by atoms with Crippen LogP contribution < -0.4 is 19.6 Å². The van der Waals surface area contributed by atoms with E-state index in [1.807, 2.05) is 96.9 Å². The summed E-state index contributed by atoms with van der Waals surface area (Å²) >= 11 is 2.93. The van der Waals surface area contributed by atoms with Gasteiger partial charge in [-0.1, -0.05) is 55.5 Å². The van der Waals surface area contributed by atoms with Crippen molar-refractivity contribution in [3.63, 3.8) is 0 Å². The van der Waals surface area contributed by atoms with Crippen molar-refractivity contribution in [1.82, 2.24) is 14.3 Å². The van der Waals surface area contributed by atoms with Crippen LogP contribution in [0.15, 0.2) is 105 Å². The second kappa shape index (κ2) is 14.8. The Balaban J connectivity index is 1.49. The van der Waals surface area contributed by atoms with Crippen LogP contribution in [0.3, 0.4) is 0 Å². The molecule has 2 aromatic heterocycles. The van der Waals surface area contributed by atoms with Gasteiger partial charge >= 0.3 is 5.97 Å². The molecule has 0 N–H and O–H groups in total. The van der Waals surface area contributed by atoms with Gasteiger partial charge in [-0.25, -0.2) is 14.5 Å². The summed E-state index contributed by atoms with van der Waals surface area (Å²) in [5.74, 6) is 0.933. The zero-order valence-electron chi connectivity index (χ0n) is 28.6. The summed E-state index contributed by atoms with van der Waals surface area (Å²) in [4.78, 5) is 34.1. The normalized spacial score (nSPS) is 14.6. The van der Waals surface area contributed by atoms with Gasteiger partial charge in [0.25, 0.3) is 5.56 Å². The number of fused-ring (bicyclic) bond motifs is 1. The van der Waals surface area contributed by atoms with Crippen molar-refractivity contribution in [2.24, 2.45) is 10.9 Å². The average Bonchev–Trinajstić information content (AvgIpc) is 3.65. The molecule has 0 aliphatic carbocycles. The summed E-state index contributed by atoms with van der Waals surface area (Å²) in [6.45, 7) is 10.9. The van der Waals surface area contributed by atoms with E-state index in [9.17, 15) is 9.59 Å². The van der Waals surface area contributed by atoms with Crippen LogP contribution in [0.5, 0.6) is 5.75 Å². The van der Waals surface area contributed by atoms with Gasteiger partial charge in [0.2, 0.25) is 0 Å². The predicted octanol–water partition coefficient (Wildman–Crippen LogP) is 7.11. The Morgan fingerprint density at radius 3 is 2.49 bits per heavy atom. The highest BCUT2D eigenvalue weighted by atomic mass is 32.2. The van der Waals surface area contributed by atoms with E-state index < -0.39 is 12.0 Å². The zero-order valence-corrected chi connectivity index (χ0v) is 30.2. The van der Waals surface area contributed by atoms with E-state index in [0.29, 0.717) is 33.1 Å². The van der Waals surface area contributed by atoms with Crippen LogP contribution >= 0.6 is 23.1 Å². The van der Waals surface area contributed by atoms with Crippen LogP contribution in [-0.4, -0.2) is 39.8 Å². The first-order chi connectivity index (χ1) is 23.7. The van der Waals surface area contributed by atoms with Crippen molar-refractivity contribution in [1.29, 1.82) is 0 Å². The van der Waals surface area contributed by atoms with Gasteiger partial charge in [0.15, 0.2) is 4.80 Å². The maximum absolute atomic E-state index is 14.4. The average molecular weight is 693 g/mol. The Labute approximate surface area is 294 Å². The van der Waals surface area contributed by atoms with Gasteiger partial charge in [0.1, 0.15) is 11.4 Å². The fourth-order valence-corrected chi connectivity index (χ4v) is 7.27. The first kappa shape index (κ1) is 34.2. The molecule has 1 aliphatic heterocycles. The minimum absolute atomic E-state index is 0.219. The lowest BCUT2D eigenvalue weighted by atomic mass is 9.96. The molecule has 3 aromatic carbocycles. The van der Waals surface area contributed by atoms with Crippen molar-refractivity contribution < 1.29 is 14.3 Å². The fourth-order valence-electron chi connectivity index (χ4n) is 5.83. The van der Waals surface area contributed by atoms with Crippen molar-refractivity contribution in [3.05, 3.63) is 127 Å². The maximum Gasteiger partial charge on any atom is 0.338 e. The monoisotopic (exact) mass is 692 g/mol. The lowest BCUT2D eigenvalue weighted by Crippen LogP contribution is -2.39. The van der Waals surface area contributed by atoms with Crippen LogP contribution in [0.2, 0.25) is 0 Å². The van der Waals surface area contributed by atoms with Crippen molar-refractivity contribution >= 4 is 35.1 Å². The SMILES string of the molecule is CCOC(=O)C1=C(C)N=c2sc(=Cc3cn(-c4ccccc4)nc3-c3ccc(OCCC(C)C)c(C)c3)c(=O)n2C1c1ccc(SC)cc1. The molecule has 8 nitrogen and oxygen atoms in total. The number of hydrogen-bond acceptors (Lipinski definition) is 8. The van der Waals surface area contributed by atoms with Gasteiger partial charge in [0, 0.05) is 22.2 Å². The van der Waals surface area contributed by atoms with E-state index in [2.05, 4.69) is 19.9 Å². The van der Waals surface area contributed by atoms with E-state index in [0.717, 1.165) is 50.7 Å². The van der Waals surface area contributed by atoms with Gasteiger partial charge in [-0.05, 0) is 99.0 Å². The third kappa shape index (κ3) is 7.21. The topological polar surface area (TPSA) is 87.7 Å².